The summed E-state index contributed by atoms with van der Waals surface area (Å²) in [6, 6.07) is 0.227. The lowest BCUT2D eigenvalue weighted by molar-refractivity contribution is 0.0603. The van der Waals surface area contributed by atoms with Gasteiger partial charge in [-0.3, -0.25) is 0 Å². The van der Waals surface area contributed by atoms with Gasteiger partial charge in [-0.05, 0) is 0 Å². The van der Waals surface area contributed by atoms with Crippen LogP contribution in [0.2, 0.25) is 0 Å². The Hall–Kier alpha value is -1.80. The minimum atomic E-state index is -0.536. The van der Waals surface area contributed by atoms with Gasteiger partial charge >= 0.3 is 5.97 Å². The van der Waals surface area contributed by atoms with E-state index in [4.69, 9.17) is 15.6 Å². The molecule has 0 bridgehead atoms. The van der Waals surface area contributed by atoms with Crippen LogP contribution in [0.4, 0.5) is 11.6 Å². The van der Waals surface area contributed by atoms with Crippen LogP contribution >= 0.6 is 0 Å². The van der Waals surface area contributed by atoms with Crippen molar-refractivity contribution in [1.82, 2.24) is 15.1 Å². The number of esters is 1. The van der Waals surface area contributed by atoms with Gasteiger partial charge in [-0.1, -0.05) is 0 Å². The lowest BCUT2D eigenvalue weighted by Crippen LogP contribution is -2.51. The molecule has 8 heteroatoms. The van der Waals surface area contributed by atoms with Gasteiger partial charge in [-0.25, -0.2) is 9.48 Å². The molecule has 8 nitrogen and oxygen atoms in total. The number of aliphatic hydroxyl groups excluding tert-OH is 1. The van der Waals surface area contributed by atoms with Gasteiger partial charge in [-0.15, -0.1) is 0 Å². The Morgan fingerprint density at radius 3 is 2.94 bits per heavy atom. The molecule has 0 aliphatic carbocycles. The second-order valence-electron chi connectivity index (χ2n) is 4.05. The number of nitrogens with one attached hydrogen (secondary N) is 2. The Balaban J connectivity index is 2.28. The number of nitrogens with zero attached hydrogens (tertiary/aromatic N) is 2. The third-order valence-electron chi connectivity index (χ3n) is 2.82. The van der Waals surface area contributed by atoms with Gasteiger partial charge in [-0.2, -0.15) is 5.10 Å². The molecular weight excluding hydrogens is 238 g/mol. The van der Waals surface area contributed by atoms with Gasteiger partial charge in [0.15, 0.2) is 5.82 Å². The fourth-order valence-electron chi connectivity index (χ4n) is 1.73. The summed E-state index contributed by atoms with van der Waals surface area (Å²) < 4.78 is 6.08. The summed E-state index contributed by atoms with van der Waals surface area (Å²) in [4.78, 5) is 11.7. The van der Waals surface area contributed by atoms with E-state index in [2.05, 4.69) is 15.7 Å². The molecule has 0 radical (unpaired) electrons. The summed E-state index contributed by atoms with van der Waals surface area (Å²) >= 11 is 0. The molecule has 5 N–H and O–H groups in total. The van der Waals surface area contributed by atoms with Crippen LogP contribution in [-0.4, -0.2) is 53.7 Å². The zero-order valence-corrected chi connectivity index (χ0v) is 10.1. The van der Waals surface area contributed by atoms with Crippen LogP contribution in [-0.2, 0) is 11.3 Å². The Bertz CT molecular complexity index is 441. The Morgan fingerprint density at radius 2 is 2.44 bits per heavy atom. The lowest BCUT2D eigenvalue weighted by Gasteiger charge is -2.28. The lowest BCUT2D eigenvalue weighted by atomic mass is 10.2. The summed E-state index contributed by atoms with van der Waals surface area (Å²) in [6.07, 6.45) is 0. The van der Waals surface area contributed by atoms with Crippen LogP contribution in [0.25, 0.3) is 0 Å². The normalized spacial score (nSPS) is 15.2. The topological polar surface area (TPSA) is 114 Å². The average molecular weight is 255 g/mol. The van der Waals surface area contributed by atoms with Crippen LogP contribution in [0.3, 0.4) is 0 Å². The average Bonchev–Trinajstić information content (AvgIpc) is 2.61. The van der Waals surface area contributed by atoms with Crippen molar-refractivity contribution in [2.75, 3.05) is 37.9 Å². The molecule has 1 aromatic rings. The van der Waals surface area contributed by atoms with Crippen molar-refractivity contribution in [1.29, 1.82) is 0 Å². The molecule has 0 amide bonds. The number of ether oxygens (including phenoxy) is 1. The molecule has 1 aromatic heterocycles. The number of anilines is 2. The van der Waals surface area contributed by atoms with Crippen molar-refractivity contribution in [2.45, 2.75) is 12.6 Å². The summed E-state index contributed by atoms with van der Waals surface area (Å²) in [7, 11) is 1.29. The molecule has 2 heterocycles. The molecule has 0 saturated carbocycles. The standard InChI is InChI=1S/C10H17N5O3/c1-18-10(17)7-8(11)15(2-3-16)14-9(7)13-6-4-12-5-6/h6,12,16H,2-5,11H2,1H3,(H,13,14). The zero-order chi connectivity index (χ0) is 13.1. The number of nitrogens with two attached hydrogens (primary N) is 1. The number of hydrogen-bond acceptors (Lipinski definition) is 7. The van der Waals surface area contributed by atoms with E-state index < -0.39 is 5.97 Å². The molecule has 1 aliphatic rings. The molecule has 100 valence electrons. The molecule has 0 unspecified atom stereocenters. The highest BCUT2D eigenvalue weighted by atomic mass is 16.5. The first kappa shape index (κ1) is 12.7. The maximum Gasteiger partial charge on any atom is 0.345 e. The minimum Gasteiger partial charge on any atom is -0.465 e. The van der Waals surface area contributed by atoms with Gasteiger partial charge in [0.2, 0.25) is 0 Å². The number of aromatic nitrogens is 2. The zero-order valence-electron chi connectivity index (χ0n) is 10.1. The summed E-state index contributed by atoms with van der Waals surface area (Å²) in [6.45, 7) is 1.76. The van der Waals surface area contributed by atoms with E-state index in [9.17, 15) is 4.79 Å². The van der Waals surface area contributed by atoms with Crippen LogP contribution in [0.15, 0.2) is 0 Å². The Labute approximate surface area is 104 Å². The maximum absolute atomic E-state index is 11.7. The molecule has 0 atom stereocenters. The number of rotatable bonds is 5. The third-order valence-corrected chi connectivity index (χ3v) is 2.82. The van der Waals surface area contributed by atoms with E-state index in [0.29, 0.717) is 5.82 Å². The smallest absolute Gasteiger partial charge is 0.345 e. The quantitative estimate of drug-likeness (QED) is 0.480. The first-order valence-corrected chi connectivity index (χ1v) is 5.70. The maximum atomic E-state index is 11.7. The van der Waals surface area contributed by atoms with E-state index in [-0.39, 0.29) is 30.6 Å². The summed E-state index contributed by atoms with van der Waals surface area (Å²) in [5, 5.41) is 19.3. The highest BCUT2D eigenvalue weighted by Gasteiger charge is 2.26. The van der Waals surface area contributed by atoms with Gasteiger partial charge in [0, 0.05) is 13.1 Å². The van der Waals surface area contributed by atoms with Crippen LogP contribution < -0.4 is 16.4 Å². The fourth-order valence-corrected chi connectivity index (χ4v) is 1.73. The second-order valence-corrected chi connectivity index (χ2v) is 4.05. The molecule has 1 aliphatic heterocycles. The molecule has 1 saturated heterocycles. The van der Waals surface area contributed by atoms with Crippen LogP contribution in [0.1, 0.15) is 10.4 Å². The molecule has 1 fully saturated rings. The third kappa shape index (κ3) is 2.24. The highest BCUT2D eigenvalue weighted by Crippen LogP contribution is 2.23. The number of hydrogen-bond donors (Lipinski definition) is 4. The number of carbonyl (C=O) groups is 1. The van der Waals surface area contributed by atoms with E-state index in [0.717, 1.165) is 13.1 Å². The van der Waals surface area contributed by atoms with Crippen LogP contribution in [0.5, 0.6) is 0 Å². The SMILES string of the molecule is COC(=O)c1c(NC2CNC2)nn(CCO)c1N. The van der Waals surface area contributed by atoms with Crippen molar-refractivity contribution >= 4 is 17.6 Å². The largest absolute Gasteiger partial charge is 0.465 e. The van der Waals surface area contributed by atoms with E-state index >= 15 is 0 Å². The monoisotopic (exact) mass is 255 g/mol. The molecule has 0 aromatic carbocycles. The Morgan fingerprint density at radius 1 is 1.72 bits per heavy atom. The number of carbonyl (C=O) groups excluding carboxylic acids is 1. The Kier molecular flexibility index (Phi) is 3.68. The second kappa shape index (κ2) is 5.23. The first-order chi connectivity index (χ1) is 8.67. The van der Waals surface area contributed by atoms with Gasteiger partial charge in [0.25, 0.3) is 0 Å². The molecule has 18 heavy (non-hydrogen) atoms. The van der Waals surface area contributed by atoms with Gasteiger partial charge in [0.05, 0.1) is 26.3 Å². The summed E-state index contributed by atoms with van der Waals surface area (Å²) in [5.41, 5.74) is 6.06. The highest BCUT2D eigenvalue weighted by molar-refractivity contribution is 5.99. The predicted octanol–water partition coefficient (Wildman–Crippen LogP) is -1.37. The first-order valence-electron chi connectivity index (χ1n) is 5.70. The van der Waals surface area contributed by atoms with Crippen molar-refractivity contribution < 1.29 is 14.6 Å². The van der Waals surface area contributed by atoms with Crippen molar-refractivity contribution in [2.24, 2.45) is 0 Å². The predicted molar refractivity (Wildman–Crippen MR) is 65.3 cm³/mol. The van der Waals surface area contributed by atoms with Gasteiger partial charge in [0.1, 0.15) is 11.4 Å². The van der Waals surface area contributed by atoms with Gasteiger partial charge < -0.3 is 26.2 Å². The van der Waals surface area contributed by atoms with Crippen LogP contribution in [0, 0.1) is 0 Å². The summed E-state index contributed by atoms with van der Waals surface area (Å²) in [5.74, 6) is 0.0662. The van der Waals surface area contributed by atoms with Crippen molar-refractivity contribution in [3.63, 3.8) is 0 Å². The van der Waals surface area contributed by atoms with E-state index in [1.807, 2.05) is 0 Å². The molecule has 0 spiro atoms. The number of methoxy groups -OCH3 is 1. The fraction of sp³-hybridized carbons (Fsp3) is 0.600. The van der Waals surface area contributed by atoms with E-state index in [1.165, 1.54) is 11.8 Å². The van der Waals surface area contributed by atoms with Crippen molar-refractivity contribution in [3.8, 4) is 0 Å². The van der Waals surface area contributed by atoms with Crippen molar-refractivity contribution in [3.05, 3.63) is 5.56 Å². The van der Waals surface area contributed by atoms with E-state index in [1.54, 1.807) is 0 Å². The molecular formula is C10H17N5O3. The minimum absolute atomic E-state index is 0.100. The number of nitrogen functional groups attached to an aromatic ring is 1. The molecule has 2 rings (SSSR count). The number of aliphatic hydroxyl groups is 1.